The van der Waals surface area contributed by atoms with E-state index in [1.807, 2.05) is 0 Å². The van der Waals surface area contributed by atoms with Crippen LogP contribution in [0.4, 0.5) is 0 Å². The maximum atomic E-state index is 11.8. The standard InChI is InChI=1S/C24H48N2O2/c1-3-5-7-9-11-13-15-17-19-23(27)25-21-22-26-24(28)20-18-16-14-12-10-8-6-4-2/h3-22H2,1-2H3,(H,25,27)(H,26,28). The predicted molar refractivity (Wildman–Crippen MR) is 120 cm³/mol. The SMILES string of the molecule is CCCCCCCCCCC(=O)NCCNC(=O)CCCCCCCCCC. The van der Waals surface area contributed by atoms with E-state index in [0.29, 0.717) is 25.9 Å². The van der Waals surface area contributed by atoms with Gasteiger partial charge in [-0.1, -0.05) is 104 Å². The van der Waals surface area contributed by atoms with Crippen LogP contribution in [-0.4, -0.2) is 24.9 Å². The zero-order chi connectivity index (χ0) is 20.7. The molecular weight excluding hydrogens is 348 g/mol. The molecule has 0 fully saturated rings. The number of hydrogen-bond acceptors (Lipinski definition) is 2. The van der Waals surface area contributed by atoms with Crippen LogP contribution >= 0.6 is 0 Å². The van der Waals surface area contributed by atoms with Crippen LogP contribution < -0.4 is 10.6 Å². The Bertz CT molecular complexity index is 325. The third kappa shape index (κ3) is 21.2. The lowest BCUT2D eigenvalue weighted by Gasteiger charge is -2.07. The molecular formula is C24H48N2O2. The molecule has 0 heterocycles. The third-order valence-corrected chi connectivity index (χ3v) is 5.28. The van der Waals surface area contributed by atoms with Crippen LogP contribution in [0.1, 0.15) is 129 Å². The van der Waals surface area contributed by atoms with Gasteiger partial charge in [-0.05, 0) is 12.8 Å². The van der Waals surface area contributed by atoms with E-state index in [9.17, 15) is 9.59 Å². The largest absolute Gasteiger partial charge is 0.354 e. The summed E-state index contributed by atoms with van der Waals surface area (Å²) in [6.45, 7) is 5.56. The summed E-state index contributed by atoms with van der Waals surface area (Å²) in [6.07, 6.45) is 21.2. The summed E-state index contributed by atoms with van der Waals surface area (Å²) in [6, 6.07) is 0. The van der Waals surface area contributed by atoms with Crippen molar-refractivity contribution in [1.29, 1.82) is 0 Å². The zero-order valence-electron chi connectivity index (χ0n) is 19.0. The normalized spacial score (nSPS) is 10.8. The minimum atomic E-state index is 0.114. The molecule has 0 saturated heterocycles. The summed E-state index contributed by atoms with van der Waals surface area (Å²) in [7, 11) is 0. The highest BCUT2D eigenvalue weighted by atomic mass is 16.2. The van der Waals surface area contributed by atoms with Crippen molar-refractivity contribution in [2.75, 3.05) is 13.1 Å². The Hall–Kier alpha value is -1.06. The van der Waals surface area contributed by atoms with Crippen LogP contribution in [0.2, 0.25) is 0 Å². The lowest BCUT2D eigenvalue weighted by Crippen LogP contribution is -2.34. The van der Waals surface area contributed by atoms with Gasteiger partial charge >= 0.3 is 0 Å². The van der Waals surface area contributed by atoms with Gasteiger partial charge in [0.1, 0.15) is 0 Å². The van der Waals surface area contributed by atoms with E-state index in [-0.39, 0.29) is 11.8 Å². The second-order valence-electron chi connectivity index (χ2n) is 8.15. The highest BCUT2D eigenvalue weighted by Crippen LogP contribution is 2.10. The first-order valence-electron chi connectivity index (χ1n) is 12.2. The zero-order valence-corrected chi connectivity index (χ0v) is 19.0. The Labute approximate surface area is 175 Å². The Morgan fingerprint density at radius 2 is 0.750 bits per heavy atom. The first kappa shape index (κ1) is 26.9. The number of unbranched alkanes of at least 4 members (excludes halogenated alkanes) is 14. The van der Waals surface area contributed by atoms with Crippen molar-refractivity contribution < 1.29 is 9.59 Å². The molecule has 0 spiro atoms. The minimum Gasteiger partial charge on any atom is -0.354 e. The van der Waals surface area contributed by atoms with E-state index < -0.39 is 0 Å². The number of rotatable bonds is 21. The highest BCUT2D eigenvalue weighted by molar-refractivity contribution is 5.77. The van der Waals surface area contributed by atoms with Crippen LogP contribution in [-0.2, 0) is 9.59 Å². The molecule has 0 aromatic rings. The van der Waals surface area contributed by atoms with Crippen molar-refractivity contribution in [2.45, 2.75) is 129 Å². The van der Waals surface area contributed by atoms with Crippen LogP contribution in [0.25, 0.3) is 0 Å². The van der Waals surface area contributed by atoms with Crippen molar-refractivity contribution in [3.63, 3.8) is 0 Å². The van der Waals surface area contributed by atoms with Gasteiger partial charge in [-0.25, -0.2) is 0 Å². The first-order chi connectivity index (χ1) is 13.7. The van der Waals surface area contributed by atoms with Gasteiger partial charge in [0, 0.05) is 25.9 Å². The fraction of sp³-hybridized carbons (Fsp3) is 0.917. The number of carbonyl (C=O) groups is 2. The molecule has 2 N–H and O–H groups in total. The van der Waals surface area contributed by atoms with E-state index in [0.717, 1.165) is 25.7 Å². The van der Waals surface area contributed by atoms with Crippen molar-refractivity contribution in [2.24, 2.45) is 0 Å². The maximum absolute atomic E-state index is 11.8. The van der Waals surface area contributed by atoms with Gasteiger partial charge in [-0.2, -0.15) is 0 Å². The molecule has 4 nitrogen and oxygen atoms in total. The van der Waals surface area contributed by atoms with Crippen LogP contribution in [0, 0.1) is 0 Å². The predicted octanol–water partition coefficient (Wildman–Crippen LogP) is 6.28. The van der Waals surface area contributed by atoms with Gasteiger partial charge in [-0.15, -0.1) is 0 Å². The smallest absolute Gasteiger partial charge is 0.220 e. The molecule has 0 rings (SSSR count). The number of carbonyl (C=O) groups excluding carboxylic acids is 2. The summed E-state index contributed by atoms with van der Waals surface area (Å²) in [4.78, 5) is 23.6. The monoisotopic (exact) mass is 396 g/mol. The maximum Gasteiger partial charge on any atom is 0.220 e. The summed E-state index contributed by atoms with van der Waals surface area (Å²) >= 11 is 0. The van der Waals surface area contributed by atoms with Crippen molar-refractivity contribution in [3.8, 4) is 0 Å². The molecule has 0 saturated carbocycles. The molecule has 0 radical (unpaired) electrons. The summed E-state index contributed by atoms with van der Waals surface area (Å²) in [5.41, 5.74) is 0. The fourth-order valence-corrected chi connectivity index (χ4v) is 3.42. The Morgan fingerprint density at radius 1 is 0.464 bits per heavy atom. The molecule has 0 unspecified atom stereocenters. The number of hydrogen-bond donors (Lipinski definition) is 2. The lowest BCUT2D eigenvalue weighted by atomic mass is 10.1. The average molecular weight is 397 g/mol. The molecule has 0 aliphatic rings. The molecule has 166 valence electrons. The molecule has 0 atom stereocenters. The molecule has 28 heavy (non-hydrogen) atoms. The van der Waals surface area contributed by atoms with Crippen molar-refractivity contribution in [1.82, 2.24) is 10.6 Å². The van der Waals surface area contributed by atoms with E-state index in [1.165, 1.54) is 77.0 Å². The van der Waals surface area contributed by atoms with E-state index in [1.54, 1.807) is 0 Å². The van der Waals surface area contributed by atoms with Crippen molar-refractivity contribution in [3.05, 3.63) is 0 Å². The number of nitrogens with one attached hydrogen (secondary N) is 2. The van der Waals surface area contributed by atoms with Crippen LogP contribution in [0.15, 0.2) is 0 Å². The molecule has 2 amide bonds. The quantitative estimate of drug-likeness (QED) is 0.224. The van der Waals surface area contributed by atoms with Crippen LogP contribution in [0.3, 0.4) is 0 Å². The van der Waals surface area contributed by atoms with Gasteiger partial charge in [0.2, 0.25) is 11.8 Å². The summed E-state index contributed by atoms with van der Waals surface area (Å²) < 4.78 is 0. The van der Waals surface area contributed by atoms with Gasteiger partial charge in [0.15, 0.2) is 0 Å². The van der Waals surface area contributed by atoms with Gasteiger partial charge < -0.3 is 10.6 Å². The van der Waals surface area contributed by atoms with Crippen molar-refractivity contribution >= 4 is 11.8 Å². The molecule has 0 aromatic heterocycles. The lowest BCUT2D eigenvalue weighted by molar-refractivity contribution is -0.123. The van der Waals surface area contributed by atoms with Crippen LogP contribution in [0.5, 0.6) is 0 Å². The van der Waals surface area contributed by atoms with Gasteiger partial charge in [0.25, 0.3) is 0 Å². The average Bonchev–Trinajstić information content (AvgIpc) is 2.69. The van der Waals surface area contributed by atoms with Gasteiger partial charge in [-0.3, -0.25) is 9.59 Å². The second kappa shape index (κ2) is 22.2. The molecule has 4 heteroatoms. The van der Waals surface area contributed by atoms with E-state index >= 15 is 0 Å². The Kier molecular flexibility index (Phi) is 21.4. The third-order valence-electron chi connectivity index (χ3n) is 5.28. The fourth-order valence-electron chi connectivity index (χ4n) is 3.42. The van der Waals surface area contributed by atoms with E-state index in [2.05, 4.69) is 24.5 Å². The molecule has 0 aromatic carbocycles. The summed E-state index contributed by atoms with van der Waals surface area (Å²) in [5.74, 6) is 0.228. The first-order valence-corrected chi connectivity index (χ1v) is 12.2. The molecule has 0 aliphatic heterocycles. The topological polar surface area (TPSA) is 58.2 Å². The minimum absolute atomic E-state index is 0.114. The van der Waals surface area contributed by atoms with E-state index in [4.69, 9.17) is 0 Å². The summed E-state index contributed by atoms with van der Waals surface area (Å²) in [5, 5.41) is 5.81. The Balaban J connectivity index is 3.30. The Morgan fingerprint density at radius 3 is 1.07 bits per heavy atom. The van der Waals surface area contributed by atoms with Gasteiger partial charge in [0.05, 0.1) is 0 Å². The second-order valence-corrected chi connectivity index (χ2v) is 8.15. The highest BCUT2D eigenvalue weighted by Gasteiger charge is 2.03. The molecule has 0 aliphatic carbocycles. The molecule has 0 bridgehead atoms. The number of amides is 2.